The van der Waals surface area contributed by atoms with Crippen LogP contribution in [0, 0.1) is 10.1 Å². The summed E-state index contributed by atoms with van der Waals surface area (Å²) in [7, 11) is 0. The Morgan fingerprint density at radius 2 is 1.93 bits per heavy atom. The number of nitro groups is 1. The lowest BCUT2D eigenvalue weighted by Gasteiger charge is -2.11. The van der Waals surface area contributed by atoms with Crippen molar-refractivity contribution in [3.8, 4) is 10.4 Å². The molecule has 0 unspecified atom stereocenters. The molecule has 154 valence electrons. The summed E-state index contributed by atoms with van der Waals surface area (Å²) in [5.41, 5.74) is 1.44. The van der Waals surface area contributed by atoms with E-state index in [0.717, 1.165) is 10.4 Å². The Kier molecular flexibility index (Phi) is 6.99. The summed E-state index contributed by atoms with van der Waals surface area (Å²) in [4.78, 5) is 23.7. The lowest BCUT2D eigenvalue weighted by atomic mass is 10.1. The van der Waals surface area contributed by atoms with Gasteiger partial charge in [-0.25, -0.2) is 4.79 Å². The fourth-order valence-electron chi connectivity index (χ4n) is 2.57. The third-order valence-electron chi connectivity index (χ3n) is 3.92. The Labute approximate surface area is 186 Å². The van der Waals surface area contributed by atoms with Crippen molar-refractivity contribution in [2.24, 2.45) is 0 Å². The first-order valence-corrected chi connectivity index (χ1v) is 10.4. The number of ether oxygens (including phenoxy) is 1. The topological polar surface area (TPSA) is 93.5 Å². The van der Waals surface area contributed by atoms with Crippen LogP contribution in [-0.2, 0) is 4.74 Å². The zero-order chi connectivity index (χ0) is 21.7. The van der Waals surface area contributed by atoms with E-state index in [4.69, 9.17) is 28.6 Å². The molecule has 0 bridgehead atoms. The van der Waals surface area contributed by atoms with Crippen LogP contribution in [0.25, 0.3) is 10.4 Å². The van der Waals surface area contributed by atoms with E-state index >= 15 is 0 Å². The normalized spacial score (nSPS) is 10.3. The summed E-state index contributed by atoms with van der Waals surface area (Å²) >= 11 is 12.8. The summed E-state index contributed by atoms with van der Waals surface area (Å²) in [5, 5.41) is 17.7. The van der Waals surface area contributed by atoms with Gasteiger partial charge in [0.2, 0.25) is 0 Å². The minimum atomic E-state index is -0.526. The van der Waals surface area contributed by atoms with Gasteiger partial charge in [-0.3, -0.25) is 10.1 Å². The number of nitrogens with zero attached hydrogens (tertiary/aromatic N) is 1. The molecule has 0 aliphatic rings. The Bertz CT molecular complexity index is 1100. The molecule has 10 heteroatoms. The van der Waals surface area contributed by atoms with Gasteiger partial charge in [0.05, 0.1) is 27.8 Å². The molecule has 0 saturated heterocycles. The van der Waals surface area contributed by atoms with Crippen molar-refractivity contribution < 1.29 is 14.5 Å². The number of non-ortho nitro benzene ring substituents is 1. The SMILES string of the molecule is CCOC(=O)c1cc(-c2ccccc2)sc1NC(=S)Nc1cc([N+](=O)[O-])ccc1Cl. The van der Waals surface area contributed by atoms with Crippen molar-refractivity contribution in [3.63, 3.8) is 0 Å². The van der Waals surface area contributed by atoms with Crippen LogP contribution in [0.15, 0.2) is 54.6 Å². The number of hydrogen-bond donors (Lipinski definition) is 2. The van der Waals surface area contributed by atoms with Gasteiger partial charge in [-0.1, -0.05) is 41.9 Å². The number of esters is 1. The molecule has 0 radical (unpaired) electrons. The Morgan fingerprint density at radius 3 is 2.60 bits per heavy atom. The predicted molar refractivity (Wildman–Crippen MR) is 124 cm³/mol. The number of hydrogen-bond acceptors (Lipinski definition) is 6. The highest BCUT2D eigenvalue weighted by Gasteiger charge is 2.19. The van der Waals surface area contributed by atoms with Crippen molar-refractivity contribution in [3.05, 3.63) is 75.3 Å². The molecule has 0 spiro atoms. The number of rotatable bonds is 6. The van der Waals surface area contributed by atoms with Crippen LogP contribution < -0.4 is 10.6 Å². The molecule has 0 fully saturated rings. The van der Waals surface area contributed by atoms with Crippen LogP contribution in [0.3, 0.4) is 0 Å². The molecule has 0 amide bonds. The second-order valence-corrected chi connectivity index (χ2v) is 7.81. The summed E-state index contributed by atoms with van der Waals surface area (Å²) < 4.78 is 5.15. The number of halogens is 1. The van der Waals surface area contributed by atoms with Crippen LogP contribution in [0.4, 0.5) is 16.4 Å². The number of nitrogens with one attached hydrogen (secondary N) is 2. The van der Waals surface area contributed by atoms with Crippen molar-refractivity contribution in [2.75, 3.05) is 17.2 Å². The fraction of sp³-hybridized carbons (Fsp3) is 0.100. The number of anilines is 2. The molecular weight excluding hydrogens is 446 g/mol. The van der Waals surface area contributed by atoms with Gasteiger partial charge in [0.15, 0.2) is 5.11 Å². The summed E-state index contributed by atoms with van der Waals surface area (Å²) in [6.07, 6.45) is 0. The van der Waals surface area contributed by atoms with E-state index in [1.165, 1.54) is 29.5 Å². The van der Waals surface area contributed by atoms with Gasteiger partial charge in [-0.05, 0) is 36.8 Å². The quantitative estimate of drug-likeness (QED) is 0.202. The zero-order valence-corrected chi connectivity index (χ0v) is 18.1. The van der Waals surface area contributed by atoms with Gasteiger partial charge in [-0.15, -0.1) is 11.3 Å². The van der Waals surface area contributed by atoms with Crippen molar-refractivity contribution >= 4 is 62.6 Å². The molecule has 30 heavy (non-hydrogen) atoms. The molecule has 2 aromatic carbocycles. The van der Waals surface area contributed by atoms with Crippen LogP contribution in [0.2, 0.25) is 5.02 Å². The Morgan fingerprint density at radius 1 is 1.20 bits per heavy atom. The Balaban J connectivity index is 1.87. The maximum Gasteiger partial charge on any atom is 0.341 e. The molecule has 1 heterocycles. The monoisotopic (exact) mass is 461 g/mol. The van der Waals surface area contributed by atoms with Gasteiger partial charge in [-0.2, -0.15) is 0 Å². The number of thiocarbonyl (C=S) groups is 1. The molecule has 1 aromatic heterocycles. The average molecular weight is 462 g/mol. The number of carbonyl (C=O) groups excluding carboxylic acids is 1. The highest BCUT2D eigenvalue weighted by Crippen LogP contribution is 2.36. The van der Waals surface area contributed by atoms with Gasteiger partial charge in [0.1, 0.15) is 5.00 Å². The van der Waals surface area contributed by atoms with Crippen LogP contribution in [0.5, 0.6) is 0 Å². The van der Waals surface area contributed by atoms with Gasteiger partial charge in [0, 0.05) is 17.0 Å². The van der Waals surface area contributed by atoms with Crippen LogP contribution in [0.1, 0.15) is 17.3 Å². The molecule has 0 aliphatic heterocycles. The maximum absolute atomic E-state index is 12.4. The van der Waals surface area contributed by atoms with E-state index in [1.54, 1.807) is 13.0 Å². The highest BCUT2D eigenvalue weighted by atomic mass is 35.5. The van der Waals surface area contributed by atoms with Crippen LogP contribution in [-0.4, -0.2) is 22.6 Å². The fourth-order valence-corrected chi connectivity index (χ4v) is 4.07. The first-order chi connectivity index (χ1) is 14.4. The smallest absolute Gasteiger partial charge is 0.341 e. The Hall–Kier alpha value is -3.01. The summed E-state index contributed by atoms with van der Waals surface area (Å²) in [6.45, 7) is 1.97. The second-order valence-electron chi connectivity index (χ2n) is 5.94. The lowest BCUT2D eigenvalue weighted by Crippen LogP contribution is -2.20. The summed E-state index contributed by atoms with van der Waals surface area (Å²) in [6, 6.07) is 15.3. The number of benzene rings is 2. The van der Waals surface area contributed by atoms with E-state index in [1.807, 2.05) is 30.3 Å². The first-order valence-electron chi connectivity index (χ1n) is 8.77. The third kappa shape index (κ3) is 5.12. The van der Waals surface area contributed by atoms with Gasteiger partial charge in [0.25, 0.3) is 5.69 Å². The van der Waals surface area contributed by atoms with E-state index in [-0.39, 0.29) is 28.1 Å². The molecule has 0 atom stereocenters. The third-order valence-corrected chi connectivity index (χ3v) is 5.56. The van der Waals surface area contributed by atoms with E-state index < -0.39 is 10.9 Å². The van der Waals surface area contributed by atoms with Gasteiger partial charge < -0.3 is 15.4 Å². The lowest BCUT2D eigenvalue weighted by molar-refractivity contribution is -0.384. The summed E-state index contributed by atoms with van der Waals surface area (Å²) in [5.74, 6) is -0.477. The average Bonchev–Trinajstić information content (AvgIpc) is 3.14. The minimum absolute atomic E-state index is 0.126. The van der Waals surface area contributed by atoms with E-state index in [2.05, 4.69) is 10.6 Å². The van der Waals surface area contributed by atoms with E-state index in [9.17, 15) is 14.9 Å². The van der Waals surface area contributed by atoms with Crippen LogP contribution >= 0.6 is 35.2 Å². The number of thiophene rings is 1. The highest BCUT2D eigenvalue weighted by molar-refractivity contribution is 7.80. The van der Waals surface area contributed by atoms with Gasteiger partial charge >= 0.3 is 5.97 Å². The molecule has 0 saturated carbocycles. The molecule has 2 N–H and O–H groups in total. The van der Waals surface area contributed by atoms with Crippen molar-refractivity contribution in [1.82, 2.24) is 0 Å². The maximum atomic E-state index is 12.4. The molecule has 7 nitrogen and oxygen atoms in total. The second kappa shape index (κ2) is 9.66. The van der Waals surface area contributed by atoms with Crippen molar-refractivity contribution in [2.45, 2.75) is 6.92 Å². The largest absolute Gasteiger partial charge is 0.462 e. The minimum Gasteiger partial charge on any atom is -0.462 e. The molecular formula is C20H16ClN3O4S2. The zero-order valence-electron chi connectivity index (χ0n) is 15.7. The standard InChI is InChI=1S/C20H16ClN3O4S2/c1-2-28-19(25)14-11-17(12-6-4-3-5-7-12)30-18(14)23-20(29)22-16-10-13(24(26)27)8-9-15(16)21/h3-11H,2H2,1H3,(H2,22,23,29). The molecule has 0 aliphatic carbocycles. The molecule has 3 aromatic rings. The van der Waals surface area contributed by atoms with Crippen molar-refractivity contribution in [1.29, 1.82) is 0 Å². The van der Waals surface area contributed by atoms with E-state index in [0.29, 0.717) is 10.6 Å². The first kappa shape index (κ1) is 21.7. The number of nitro benzene ring substituents is 1. The molecule has 3 rings (SSSR count). The predicted octanol–water partition coefficient (Wildman–Crippen LogP) is 5.96. The number of carbonyl (C=O) groups is 1.